The molecule has 1 aromatic rings. The number of rotatable bonds is 9. The molecule has 0 fully saturated rings. The van der Waals surface area contributed by atoms with Crippen LogP contribution in [0.5, 0.6) is 0 Å². The Morgan fingerprint density at radius 3 is 2.64 bits per heavy atom. The van der Waals surface area contributed by atoms with Gasteiger partial charge in [0.2, 0.25) is 0 Å². The predicted molar refractivity (Wildman–Crippen MR) is 81.6 cm³/mol. The maximum Gasteiger partial charge on any atom is 0.351 e. The Kier molecular flexibility index (Phi) is 7.46. The minimum Gasteiger partial charge on any atom is -0.394 e. The van der Waals surface area contributed by atoms with E-state index in [1.54, 1.807) is 20.2 Å². The Morgan fingerprint density at radius 2 is 2.09 bits per heavy atom. The SMILES string of the molecule is COCCOC(C(C)C(CO)OC)n1cc(C)c(N)nc1=O. The van der Waals surface area contributed by atoms with E-state index in [4.69, 9.17) is 19.9 Å². The molecule has 3 N–H and O–H groups in total. The Bertz CT molecular complexity index is 516. The van der Waals surface area contributed by atoms with E-state index < -0.39 is 18.0 Å². The summed E-state index contributed by atoms with van der Waals surface area (Å²) in [6.45, 7) is 4.09. The van der Waals surface area contributed by atoms with Crippen LogP contribution in [0.25, 0.3) is 0 Å². The largest absolute Gasteiger partial charge is 0.394 e. The second-order valence-electron chi connectivity index (χ2n) is 5.07. The number of ether oxygens (including phenoxy) is 3. The van der Waals surface area contributed by atoms with E-state index in [-0.39, 0.29) is 18.3 Å². The van der Waals surface area contributed by atoms with E-state index in [1.807, 2.05) is 6.92 Å². The normalized spacial score (nSPS) is 15.5. The molecule has 1 heterocycles. The first-order chi connectivity index (χ1) is 10.5. The van der Waals surface area contributed by atoms with Crippen molar-refractivity contribution >= 4 is 5.82 Å². The number of methoxy groups -OCH3 is 2. The third kappa shape index (κ3) is 4.51. The number of nitrogens with two attached hydrogens (primary N) is 1. The van der Waals surface area contributed by atoms with Crippen LogP contribution in [0.3, 0.4) is 0 Å². The number of hydrogen-bond donors (Lipinski definition) is 2. The molecule has 3 unspecified atom stereocenters. The van der Waals surface area contributed by atoms with Crippen LogP contribution in [-0.4, -0.2) is 54.8 Å². The van der Waals surface area contributed by atoms with Crippen molar-refractivity contribution in [3.63, 3.8) is 0 Å². The van der Waals surface area contributed by atoms with E-state index in [0.29, 0.717) is 18.8 Å². The summed E-state index contributed by atoms with van der Waals surface area (Å²) in [5.41, 5.74) is 5.81. The lowest BCUT2D eigenvalue weighted by molar-refractivity contribution is -0.104. The summed E-state index contributed by atoms with van der Waals surface area (Å²) in [5.74, 6) is -0.0932. The molecule has 0 aliphatic rings. The van der Waals surface area contributed by atoms with Gasteiger partial charge in [0.25, 0.3) is 0 Å². The number of nitrogens with zero attached hydrogens (tertiary/aromatic N) is 2. The van der Waals surface area contributed by atoms with Gasteiger partial charge < -0.3 is 25.1 Å². The molecular formula is C14H25N3O5. The average molecular weight is 315 g/mol. The summed E-state index contributed by atoms with van der Waals surface area (Å²) in [4.78, 5) is 15.9. The summed E-state index contributed by atoms with van der Waals surface area (Å²) < 4.78 is 17.3. The van der Waals surface area contributed by atoms with Crippen LogP contribution >= 0.6 is 0 Å². The van der Waals surface area contributed by atoms with Crippen LogP contribution < -0.4 is 11.4 Å². The molecule has 0 aromatic carbocycles. The third-order valence-electron chi connectivity index (χ3n) is 3.54. The minimum atomic E-state index is -0.647. The van der Waals surface area contributed by atoms with Gasteiger partial charge in [-0.25, -0.2) is 4.79 Å². The summed E-state index contributed by atoms with van der Waals surface area (Å²) in [5, 5.41) is 9.40. The molecule has 1 rings (SSSR count). The molecule has 8 heteroatoms. The fraction of sp³-hybridized carbons (Fsp3) is 0.714. The minimum absolute atomic E-state index is 0.183. The Balaban J connectivity index is 3.14. The van der Waals surface area contributed by atoms with Gasteiger partial charge >= 0.3 is 5.69 Å². The zero-order chi connectivity index (χ0) is 16.7. The van der Waals surface area contributed by atoms with Crippen molar-refractivity contribution in [2.75, 3.05) is 39.8 Å². The second kappa shape index (κ2) is 8.84. The highest BCUT2D eigenvalue weighted by atomic mass is 16.5. The van der Waals surface area contributed by atoms with E-state index in [9.17, 15) is 9.90 Å². The molecule has 0 amide bonds. The van der Waals surface area contributed by atoms with Gasteiger partial charge in [0.05, 0.1) is 25.9 Å². The molecule has 0 aliphatic heterocycles. The number of nitrogen functional groups attached to an aromatic ring is 1. The quantitative estimate of drug-likeness (QED) is 0.614. The average Bonchev–Trinajstić information content (AvgIpc) is 2.49. The first-order valence-corrected chi connectivity index (χ1v) is 7.05. The number of anilines is 1. The Morgan fingerprint density at radius 1 is 1.41 bits per heavy atom. The summed E-state index contributed by atoms with van der Waals surface area (Å²) in [7, 11) is 3.06. The van der Waals surface area contributed by atoms with E-state index >= 15 is 0 Å². The molecule has 3 atom stereocenters. The highest BCUT2D eigenvalue weighted by Crippen LogP contribution is 2.23. The lowest BCUT2D eigenvalue weighted by Crippen LogP contribution is -2.39. The second-order valence-corrected chi connectivity index (χ2v) is 5.07. The molecule has 22 heavy (non-hydrogen) atoms. The standard InChI is InChI=1S/C14H25N3O5/c1-9-7-17(14(19)16-12(9)15)13(22-6-5-20-3)10(2)11(8-18)21-4/h7,10-11,13,18H,5-6,8H2,1-4H3,(H2,15,16,19). The van der Waals surface area contributed by atoms with Gasteiger partial charge in [0.1, 0.15) is 12.0 Å². The fourth-order valence-corrected chi connectivity index (χ4v) is 2.14. The molecule has 0 aliphatic carbocycles. The molecular weight excluding hydrogens is 290 g/mol. The molecule has 0 saturated carbocycles. The number of aliphatic hydroxyl groups is 1. The van der Waals surface area contributed by atoms with Crippen molar-refractivity contribution in [1.82, 2.24) is 9.55 Å². The molecule has 0 bridgehead atoms. The number of hydrogen-bond acceptors (Lipinski definition) is 7. The number of aliphatic hydroxyl groups excluding tert-OH is 1. The van der Waals surface area contributed by atoms with E-state index in [1.165, 1.54) is 11.7 Å². The van der Waals surface area contributed by atoms with Gasteiger partial charge in [0, 0.05) is 31.9 Å². The van der Waals surface area contributed by atoms with Gasteiger partial charge in [-0.3, -0.25) is 4.57 Å². The van der Waals surface area contributed by atoms with Crippen LogP contribution in [0.2, 0.25) is 0 Å². The smallest absolute Gasteiger partial charge is 0.351 e. The van der Waals surface area contributed by atoms with Gasteiger partial charge in [-0.15, -0.1) is 0 Å². The van der Waals surface area contributed by atoms with Crippen LogP contribution in [0.15, 0.2) is 11.0 Å². The predicted octanol–water partition coefficient (Wildman–Crippen LogP) is -0.0611. The molecule has 126 valence electrons. The van der Waals surface area contributed by atoms with Gasteiger partial charge in [-0.05, 0) is 6.92 Å². The van der Waals surface area contributed by atoms with Gasteiger partial charge in [-0.2, -0.15) is 4.98 Å². The van der Waals surface area contributed by atoms with E-state index in [0.717, 1.165) is 0 Å². The number of aryl methyl sites for hydroxylation is 1. The fourth-order valence-electron chi connectivity index (χ4n) is 2.14. The van der Waals surface area contributed by atoms with Crippen molar-refractivity contribution in [2.24, 2.45) is 5.92 Å². The summed E-state index contributed by atoms with van der Waals surface area (Å²) in [6.07, 6.45) is 0.478. The van der Waals surface area contributed by atoms with Crippen molar-refractivity contribution < 1.29 is 19.3 Å². The summed E-state index contributed by atoms with van der Waals surface area (Å²) >= 11 is 0. The van der Waals surface area contributed by atoms with Crippen LogP contribution in [0.4, 0.5) is 5.82 Å². The van der Waals surface area contributed by atoms with Crippen molar-refractivity contribution in [3.8, 4) is 0 Å². The molecule has 8 nitrogen and oxygen atoms in total. The first kappa shape index (κ1) is 18.6. The molecule has 0 spiro atoms. The molecule has 0 radical (unpaired) electrons. The van der Waals surface area contributed by atoms with Crippen LogP contribution in [-0.2, 0) is 14.2 Å². The van der Waals surface area contributed by atoms with Crippen molar-refractivity contribution in [3.05, 3.63) is 22.2 Å². The zero-order valence-electron chi connectivity index (χ0n) is 13.5. The summed E-state index contributed by atoms with van der Waals surface area (Å²) in [6, 6.07) is 0. The lowest BCUT2D eigenvalue weighted by atomic mass is 10.0. The monoisotopic (exact) mass is 315 g/mol. The number of aromatic nitrogens is 2. The van der Waals surface area contributed by atoms with Gasteiger partial charge in [-0.1, -0.05) is 6.92 Å². The van der Waals surface area contributed by atoms with Gasteiger partial charge in [0.15, 0.2) is 0 Å². The Labute approximate surface area is 129 Å². The first-order valence-electron chi connectivity index (χ1n) is 7.05. The maximum absolute atomic E-state index is 12.1. The van der Waals surface area contributed by atoms with E-state index in [2.05, 4.69) is 4.98 Å². The van der Waals surface area contributed by atoms with Crippen LogP contribution in [0.1, 0.15) is 18.7 Å². The maximum atomic E-state index is 12.1. The lowest BCUT2D eigenvalue weighted by Gasteiger charge is -2.30. The Hall–Kier alpha value is -1.48. The van der Waals surface area contributed by atoms with Crippen LogP contribution in [0, 0.1) is 12.8 Å². The highest BCUT2D eigenvalue weighted by molar-refractivity contribution is 5.35. The van der Waals surface area contributed by atoms with Crippen molar-refractivity contribution in [1.29, 1.82) is 0 Å². The molecule has 0 saturated heterocycles. The highest BCUT2D eigenvalue weighted by Gasteiger charge is 2.28. The zero-order valence-corrected chi connectivity index (χ0v) is 13.5. The molecule has 1 aromatic heterocycles. The van der Waals surface area contributed by atoms with Crippen molar-refractivity contribution in [2.45, 2.75) is 26.2 Å². The topological polar surface area (TPSA) is 109 Å². The third-order valence-corrected chi connectivity index (χ3v) is 3.54.